The number of benzene rings is 1. The van der Waals surface area contributed by atoms with Crippen molar-refractivity contribution in [2.45, 2.75) is 32.0 Å². The Balaban J connectivity index is 1.76. The lowest BCUT2D eigenvalue weighted by atomic mass is 10.1. The molecule has 0 bridgehead atoms. The number of hydrogen-bond donors (Lipinski definition) is 1. The Morgan fingerprint density at radius 2 is 2.19 bits per heavy atom. The molecule has 1 aromatic carbocycles. The van der Waals surface area contributed by atoms with Crippen LogP contribution in [0.4, 0.5) is 5.95 Å². The van der Waals surface area contributed by atoms with Crippen LogP contribution in [0.1, 0.15) is 28.8 Å². The second-order valence-corrected chi connectivity index (χ2v) is 9.03. The molecule has 9 heteroatoms. The number of piperidine rings is 1. The van der Waals surface area contributed by atoms with E-state index in [1.54, 1.807) is 17.7 Å². The zero-order chi connectivity index (χ0) is 22.5. The predicted molar refractivity (Wildman–Crippen MR) is 125 cm³/mol. The van der Waals surface area contributed by atoms with E-state index in [4.69, 9.17) is 20.2 Å². The maximum Gasteiger partial charge on any atom is 0.273 e. The SMILES string of the molecule is COCCOCc1cc2nc(N3CCCC(N)C3)n(Cc3ccccc3C#N)c(=O)c2s1. The zero-order valence-corrected chi connectivity index (χ0v) is 18.9. The lowest BCUT2D eigenvalue weighted by Gasteiger charge is -2.33. The fourth-order valence-electron chi connectivity index (χ4n) is 3.95. The number of nitrogens with two attached hydrogens (primary N) is 1. The van der Waals surface area contributed by atoms with Crippen molar-refractivity contribution in [2.75, 3.05) is 38.3 Å². The van der Waals surface area contributed by atoms with Crippen LogP contribution in [0.5, 0.6) is 0 Å². The Bertz CT molecular complexity index is 1180. The molecule has 32 heavy (non-hydrogen) atoms. The van der Waals surface area contributed by atoms with Gasteiger partial charge in [0.05, 0.1) is 43.5 Å². The molecule has 1 aliphatic heterocycles. The summed E-state index contributed by atoms with van der Waals surface area (Å²) >= 11 is 1.40. The van der Waals surface area contributed by atoms with Gasteiger partial charge in [-0.1, -0.05) is 18.2 Å². The van der Waals surface area contributed by atoms with Gasteiger partial charge >= 0.3 is 0 Å². The van der Waals surface area contributed by atoms with Crippen LogP contribution >= 0.6 is 11.3 Å². The molecule has 2 N–H and O–H groups in total. The van der Waals surface area contributed by atoms with Crippen LogP contribution in [0.2, 0.25) is 0 Å². The molecule has 4 rings (SSSR count). The van der Waals surface area contributed by atoms with E-state index in [1.165, 1.54) is 11.3 Å². The van der Waals surface area contributed by atoms with Crippen LogP contribution in [0.15, 0.2) is 35.1 Å². The van der Waals surface area contributed by atoms with Gasteiger partial charge in [0.2, 0.25) is 5.95 Å². The maximum absolute atomic E-state index is 13.6. The maximum atomic E-state index is 13.6. The second kappa shape index (κ2) is 10.2. The smallest absolute Gasteiger partial charge is 0.273 e. The van der Waals surface area contributed by atoms with E-state index in [9.17, 15) is 10.1 Å². The first-order chi connectivity index (χ1) is 15.6. The van der Waals surface area contributed by atoms with Crippen molar-refractivity contribution in [3.63, 3.8) is 0 Å². The van der Waals surface area contributed by atoms with Gasteiger partial charge in [-0.05, 0) is 30.5 Å². The number of hydrogen-bond acceptors (Lipinski definition) is 8. The largest absolute Gasteiger partial charge is 0.382 e. The minimum atomic E-state index is -0.106. The normalized spacial score (nSPS) is 16.4. The molecule has 1 fully saturated rings. The van der Waals surface area contributed by atoms with Gasteiger partial charge in [0.1, 0.15) is 4.70 Å². The molecular weight excluding hydrogens is 426 g/mol. The van der Waals surface area contributed by atoms with Crippen molar-refractivity contribution < 1.29 is 9.47 Å². The predicted octanol–water partition coefficient (Wildman–Crippen LogP) is 2.47. The van der Waals surface area contributed by atoms with Crippen LogP contribution in [0, 0.1) is 11.3 Å². The quantitative estimate of drug-likeness (QED) is 0.522. The minimum Gasteiger partial charge on any atom is -0.382 e. The van der Waals surface area contributed by atoms with E-state index in [2.05, 4.69) is 11.0 Å². The first-order valence-electron chi connectivity index (χ1n) is 10.7. The van der Waals surface area contributed by atoms with E-state index < -0.39 is 0 Å². The highest BCUT2D eigenvalue weighted by molar-refractivity contribution is 7.18. The molecule has 3 aromatic rings. The van der Waals surface area contributed by atoms with Gasteiger partial charge in [0.25, 0.3) is 5.56 Å². The summed E-state index contributed by atoms with van der Waals surface area (Å²) in [7, 11) is 1.63. The highest BCUT2D eigenvalue weighted by Gasteiger charge is 2.24. The lowest BCUT2D eigenvalue weighted by molar-refractivity contribution is 0.0629. The molecular formula is C23H27N5O3S. The number of ether oxygens (including phenoxy) is 2. The molecule has 8 nitrogen and oxygen atoms in total. The molecule has 0 spiro atoms. The highest BCUT2D eigenvalue weighted by Crippen LogP contribution is 2.26. The van der Waals surface area contributed by atoms with Gasteiger partial charge in [-0.3, -0.25) is 9.36 Å². The van der Waals surface area contributed by atoms with E-state index in [0.29, 0.717) is 48.1 Å². The van der Waals surface area contributed by atoms with Crippen LogP contribution < -0.4 is 16.2 Å². The average molecular weight is 454 g/mol. The molecule has 1 saturated heterocycles. The number of fused-ring (bicyclic) bond motifs is 1. The Kier molecular flexibility index (Phi) is 7.17. The van der Waals surface area contributed by atoms with Gasteiger partial charge < -0.3 is 20.1 Å². The first kappa shape index (κ1) is 22.4. The fraction of sp³-hybridized carbons (Fsp3) is 0.435. The van der Waals surface area contributed by atoms with E-state index in [-0.39, 0.29) is 18.1 Å². The molecule has 0 radical (unpaired) electrons. The van der Waals surface area contributed by atoms with E-state index in [1.807, 2.05) is 24.3 Å². The molecule has 3 heterocycles. The molecule has 168 valence electrons. The molecule has 0 saturated carbocycles. The zero-order valence-electron chi connectivity index (χ0n) is 18.1. The summed E-state index contributed by atoms with van der Waals surface area (Å²) in [6.07, 6.45) is 1.91. The third kappa shape index (κ3) is 4.84. The number of anilines is 1. The number of methoxy groups -OCH3 is 1. The standard InChI is InChI=1S/C23H27N5O3S/c1-30-9-10-31-15-19-11-20-21(32-19)22(29)28(13-17-6-3-2-5-16(17)12-24)23(26-20)27-8-4-7-18(25)14-27/h2-3,5-6,11,18H,4,7-10,13-15,25H2,1H3. The van der Waals surface area contributed by atoms with Gasteiger partial charge in [-0.25, -0.2) is 4.98 Å². The van der Waals surface area contributed by atoms with E-state index in [0.717, 1.165) is 29.8 Å². The molecule has 0 aliphatic carbocycles. The highest BCUT2D eigenvalue weighted by atomic mass is 32.1. The van der Waals surface area contributed by atoms with Crippen molar-refractivity contribution >= 4 is 27.5 Å². The summed E-state index contributed by atoms with van der Waals surface area (Å²) in [5.41, 5.74) is 8.13. The van der Waals surface area contributed by atoms with Gasteiger partial charge in [-0.2, -0.15) is 5.26 Å². The molecule has 1 atom stereocenters. The van der Waals surface area contributed by atoms with Crippen LogP contribution in [-0.2, 0) is 22.6 Å². The summed E-state index contributed by atoms with van der Waals surface area (Å²) in [5.74, 6) is 0.607. The molecule has 2 aromatic heterocycles. The number of nitriles is 1. The third-order valence-electron chi connectivity index (χ3n) is 5.55. The van der Waals surface area contributed by atoms with Gasteiger partial charge in [0, 0.05) is 31.1 Å². The van der Waals surface area contributed by atoms with Crippen molar-refractivity contribution in [1.82, 2.24) is 9.55 Å². The van der Waals surface area contributed by atoms with Crippen LogP contribution in [0.25, 0.3) is 10.2 Å². The van der Waals surface area contributed by atoms with E-state index >= 15 is 0 Å². The van der Waals surface area contributed by atoms with Crippen molar-refractivity contribution in [1.29, 1.82) is 5.26 Å². The van der Waals surface area contributed by atoms with Gasteiger partial charge in [0.15, 0.2) is 0 Å². The Morgan fingerprint density at radius 3 is 2.97 bits per heavy atom. The first-order valence-corrected chi connectivity index (χ1v) is 11.5. The van der Waals surface area contributed by atoms with Crippen molar-refractivity contribution in [3.8, 4) is 6.07 Å². The monoisotopic (exact) mass is 453 g/mol. The summed E-state index contributed by atoms with van der Waals surface area (Å²) < 4.78 is 12.9. The second-order valence-electron chi connectivity index (χ2n) is 7.89. The van der Waals surface area contributed by atoms with Crippen LogP contribution in [0.3, 0.4) is 0 Å². The van der Waals surface area contributed by atoms with Crippen molar-refractivity contribution in [3.05, 3.63) is 56.7 Å². The Labute approximate surface area is 190 Å². The van der Waals surface area contributed by atoms with Gasteiger partial charge in [-0.15, -0.1) is 11.3 Å². The molecule has 0 amide bonds. The fourth-order valence-corrected chi connectivity index (χ4v) is 4.93. The summed E-state index contributed by atoms with van der Waals surface area (Å²) in [6, 6.07) is 11.5. The Morgan fingerprint density at radius 1 is 1.34 bits per heavy atom. The molecule has 1 aliphatic rings. The Hall–Kier alpha value is -2.77. The molecule has 1 unspecified atom stereocenters. The van der Waals surface area contributed by atoms with Crippen molar-refractivity contribution in [2.24, 2.45) is 5.73 Å². The topological polar surface area (TPSA) is 106 Å². The number of thiophene rings is 1. The van der Waals surface area contributed by atoms with Crippen LogP contribution in [-0.4, -0.2) is 49.0 Å². The minimum absolute atomic E-state index is 0.0448. The number of aromatic nitrogens is 2. The summed E-state index contributed by atoms with van der Waals surface area (Å²) in [4.78, 5) is 21.5. The lowest BCUT2D eigenvalue weighted by Crippen LogP contribution is -2.45. The summed E-state index contributed by atoms with van der Waals surface area (Å²) in [5, 5.41) is 9.51. The third-order valence-corrected chi connectivity index (χ3v) is 6.63. The number of nitrogens with zero attached hydrogens (tertiary/aromatic N) is 4. The number of rotatable bonds is 8. The summed E-state index contributed by atoms with van der Waals surface area (Å²) in [6.45, 7) is 3.14. The average Bonchev–Trinajstić information content (AvgIpc) is 3.22.